The van der Waals surface area contributed by atoms with Crippen molar-refractivity contribution in [3.8, 4) is 0 Å². The standard InChI is InChI=1S/C28H24F13PSi/c1-43(2,18-17-23(29,30)24(31,32)25(33,34)26(35,36)27(37,38)28(39,40)41)22-15-13-21(14-16-22)42(19-9-5-3-6-10-19)20-11-7-4-8-12-20/h3-16H,17-18H2,1-2H3. The third kappa shape index (κ3) is 6.32. The van der Waals surface area contributed by atoms with Gasteiger partial charge in [0.15, 0.2) is 0 Å². The van der Waals surface area contributed by atoms with Gasteiger partial charge in [-0.1, -0.05) is 103 Å². The Balaban J connectivity index is 1.87. The average Bonchev–Trinajstić information content (AvgIpc) is 2.93. The second-order valence-electron chi connectivity index (χ2n) is 10.4. The Labute approximate surface area is 240 Å². The zero-order chi connectivity index (χ0) is 32.7. The number of hydrogen-bond acceptors (Lipinski definition) is 0. The minimum atomic E-state index is -7.89. The van der Waals surface area contributed by atoms with E-state index in [9.17, 15) is 57.1 Å². The molecule has 0 N–H and O–H groups in total. The van der Waals surface area contributed by atoms with Gasteiger partial charge in [0.05, 0.1) is 8.07 Å². The van der Waals surface area contributed by atoms with Crippen LogP contribution in [0.2, 0.25) is 19.1 Å². The largest absolute Gasteiger partial charge is 0.460 e. The monoisotopic (exact) mass is 666 g/mol. The fourth-order valence-electron chi connectivity index (χ4n) is 4.24. The number of hydrogen-bond donors (Lipinski definition) is 0. The second-order valence-corrected chi connectivity index (χ2v) is 17.5. The SMILES string of the molecule is C[Si](C)(CCC(F)(F)C(F)(F)C(F)(F)C(F)(F)C(F)(F)C(F)(F)F)c1ccc(P(c2ccccc2)c2ccccc2)cc1. The normalized spacial score (nSPS) is 14.3. The Morgan fingerprint density at radius 1 is 0.488 bits per heavy atom. The maximum atomic E-state index is 14.4. The summed E-state index contributed by atoms with van der Waals surface area (Å²) in [6, 6.07) is 24.3. The molecule has 15 heteroatoms. The third-order valence-corrected chi connectivity index (χ3v) is 12.8. The minimum absolute atomic E-state index is 0.395. The first-order valence-corrected chi connectivity index (χ1v) is 17.0. The van der Waals surface area contributed by atoms with Crippen LogP contribution < -0.4 is 21.1 Å². The summed E-state index contributed by atoms with van der Waals surface area (Å²) in [6.07, 6.45) is -9.60. The quantitative estimate of drug-likeness (QED) is 0.109. The molecule has 0 aliphatic heterocycles. The van der Waals surface area contributed by atoms with Crippen molar-refractivity contribution in [2.45, 2.75) is 61.3 Å². The van der Waals surface area contributed by atoms with Crippen molar-refractivity contribution >= 4 is 37.1 Å². The van der Waals surface area contributed by atoms with Gasteiger partial charge in [-0.25, -0.2) is 0 Å². The molecule has 0 unspecified atom stereocenters. The van der Waals surface area contributed by atoms with E-state index in [1.807, 2.05) is 60.7 Å². The topological polar surface area (TPSA) is 0 Å². The molecule has 0 atom stereocenters. The molecule has 0 aromatic heterocycles. The molecule has 236 valence electrons. The molecule has 0 saturated heterocycles. The zero-order valence-electron chi connectivity index (χ0n) is 22.4. The number of rotatable bonds is 11. The van der Waals surface area contributed by atoms with Crippen LogP contribution in [0.3, 0.4) is 0 Å². The number of alkyl halides is 13. The van der Waals surface area contributed by atoms with Crippen LogP contribution in [-0.2, 0) is 0 Å². The molecule has 0 spiro atoms. The predicted octanol–water partition coefficient (Wildman–Crippen LogP) is 8.49. The number of halogens is 13. The molecule has 3 aromatic carbocycles. The van der Waals surface area contributed by atoms with Crippen LogP contribution in [0.5, 0.6) is 0 Å². The van der Waals surface area contributed by atoms with Crippen LogP contribution >= 0.6 is 7.92 Å². The van der Waals surface area contributed by atoms with Crippen LogP contribution in [0.1, 0.15) is 6.42 Å². The summed E-state index contributed by atoms with van der Waals surface area (Å²) in [5.41, 5.74) is 0. The molecule has 0 saturated carbocycles. The number of benzene rings is 3. The third-order valence-electron chi connectivity index (χ3n) is 7.00. The van der Waals surface area contributed by atoms with Crippen LogP contribution in [-0.4, -0.2) is 43.9 Å². The van der Waals surface area contributed by atoms with Crippen LogP contribution in [0.15, 0.2) is 84.9 Å². The van der Waals surface area contributed by atoms with Gasteiger partial charge >= 0.3 is 35.8 Å². The van der Waals surface area contributed by atoms with E-state index >= 15 is 0 Å². The first-order chi connectivity index (χ1) is 19.5. The van der Waals surface area contributed by atoms with E-state index in [2.05, 4.69) is 0 Å². The van der Waals surface area contributed by atoms with Crippen LogP contribution in [0.4, 0.5) is 57.1 Å². The van der Waals surface area contributed by atoms with Gasteiger partial charge in [-0.2, -0.15) is 57.1 Å². The summed E-state index contributed by atoms with van der Waals surface area (Å²) in [6.45, 7) is 2.80. The van der Waals surface area contributed by atoms with E-state index in [0.717, 1.165) is 15.9 Å². The average molecular weight is 667 g/mol. The minimum Gasteiger partial charge on any atom is -0.200 e. The van der Waals surface area contributed by atoms with Gasteiger partial charge in [-0.05, 0) is 29.9 Å². The summed E-state index contributed by atoms with van der Waals surface area (Å²) >= 11 is 0. The van der Waals surface area contributed by atoms with Crippen LogP contribution in [0, 0.1) is 0 Å². The lowest BCUT2D eigenvalue weighted by atomic mass is 9.93. The van der Waals surface area contributed by atoms with E-state index in [1.165, 1.54) is 13.1 Å². The van der Waals surface area contributed by atoms with E-state index in [0.29, 0.717) is 5.19 Å². The van der Waals surface area contributed by atoms with E-state index in [-0.39, 0.29) is 0 Å². The molecule has 0 nitrogen and oxygen atoms in total. The Morgan fingerprint density at radius 2 is 0.860 bits per heavy atom. The van der Waals surface area contributed by atoms with Crippen LogP contribution in [0.25, 0.3) is 0 Å². The first kappa shape index (κ1) is 34.9. The summed E-state index contributed by atoms with van der Waals surface area (Å²) in [7, 11) is -4.30. The molecular weight excluding hydrogens is 642 g/mol. The van der Waals surface area contributed by atoms with Gasteiger partial charge in [0.1, 0.15) is 0 Å². The molecule has 3 aromatic rings. The maximum Gasteiger partial charge on any atom is 0.460 e. The second kappa shape index (κ2) is 11.7. The lowest BCUT2D eigenvalue weighted by molar-refractivity contribution is -0.439. The van der Waals surface area contributed by atoms with Crippen molar-refractivity contribution in [3.05, 3.63) is 84.9 Å². The zero-order valence-corrected chi connectivity index (χ0v) is 24.3. The molecule has 0 bridgehead atoms. The predicted molar refractivity (Wildman–Crippen MR) is 142 cm³/mol. The van der Waals surface area contributed by atoms with Gasteiger partial charge in [-0.15, -0.1) is 0 Å². The van der Waals surface area contributed by atoms with Crippen molar-refractivity contribution in [2.75, 3.05) is 0 Å². The van der Waals surface area contributed by atoms with Gasteiger partial charge in [0, 0.05) is 6.42 Å². The molecule has 0 amide bonds. The highest BCUT2D eigenvalue weighted by atomic mass is 31.1. The molecule has 0 aliphatic carbocycles. The highest BCUT2D eigenvalue weighted by Crippen LogP contribution is 2.61. The van der Waals surface area contributed by atoms with E-state index < -0.39 is 64.2 Å². The maximum absolute atomic E-state index is 14.4. The lowest BCUT2D eigenvalue weighted by Crippen LogP contribution is -2.70. The van der Waals surface area contributed by atoms with Crippen molar-refractivity contribution in [2.24, 2.45) is 0 Å². The summed E-state index contributed by atoms with van der Waals surface area (Å²) in [4.78, 5) is 0. The summed E-state index contributed by atoms with van der Waals surface area (Å²) < 4.78 is 175. The molecule has 0 aliphatic rings. The van der Waals surface area contributed by atoms with Gasteiger partial charge in [0.25, 0.3) is 0 Å². The molecule has 0 heterocycles. The van der Waals surface area contributed by atoms with Crippen molar-refractivity contribution in [1.82, 2.24) is 0 Å². The molecule has 3 rings (SSSR count). The van der Waals surface area contributed by atoms with E-state index in [4.69, 9.17) is 0 Å². The molecule has 43 heavy (non-hydrogen) atoms. The summed E-state index contributed by atoms with van der Waals surface area (Å²) in [5, 5.41) is 3.17. The van der Waals surface area contributed by atoms with Gasteiger partial charge < -0.3 is 0 Å². The fourth-order valence-corrected chi connectivity index (χ4v) is 8.81. The van der Waals surface area contributed by atoms with Crippen molar-refractivity contribution in [1.29, 1.82) is 0 Å². The van der Waals surface area contributed by atoms with Crippen molar-refractivity contribution < 1.29 is 57.1 Å². The molecule has 0 radical (unpaired) electrons. The first-order valence-electron chi connectivity index (χ1n) is 12.5. The Bertz CT molecular complexity index is 1320. The highest BCUT2D eigenvalue weighted by molar-refractivity contribution is 7.79. The fraction of sp³-hybridized carbons (Fsp3) is 0.357. The Morgan fingerprint density at radius 3 is 1.26 bits per heavy atom. The molecule has 0 fully saturated rings. The van der Waals surface area contributed by atoms with Crippen molar-refractivity contribution in [3.63, 3.8) is 0 Å². The van der Waals surface area contributed by atoms with Gasteiger partial charge in [-0.3, -0.25) is 0 Å². The van der Waals surface area contributed by atoms with E-state index in [1.54, 1.807) is 24.3 Å². The molecular formula is C28H24F13PSi. The lowest BCUT2D eigenvalue weighted by Gasteiger charge is -2.40. The summed E-state index contributed by atoms with van der Waals surface area (Å²) in [5.74, 6) is -36.7. The Kier molecular flexibility index (Phi) is 9.51. The van der Waals surface area contributed by atoms with Gasteiger partial charge in [0.2, 0.25) is 0 Å². The Hall–Kier alpha value is -2.60. The smallest absolute Gasteiger partial charge is 0.200 e. The highest BCUT2D eigenvalue weighted by Gasteiger charge is 2.90.